The largest absolute Gasteiger partial charge is 0.494 e. The molecule has 4 aliphatic carbocycles. The monoisotopic (exact) mass is 603 g/mol. The first-order valence-electron chi connectivity index (χ1n) is 17.2. The molecule has 10 rings (SSSR count). The lowest BCUT2D eigenvalue weighted by molar-refractivity contribution is -0.139. The highest BCUT2D eigenvalue weighted by Crippen LogP contribution is 2.61. The molecule has 8 heteroatoms. The number of likely N-dealkylation sites (tertiary alicyclic amines) is 2. The number of imidazole rings is 1. The van der Waals surface area contributed by atoms with Crippen LogP contribution in [0.1, 0.15) is 49.4 Å². The fourth-order valence-corrected chi connectivity index (χ4v) is 9.42. The summed E-state index contributed by atoms with van der Waals surface area (Å²) in [5.74, 6) is 6.14. The molecule has 6 aliphatic rings. The molecule has 8 nitrogen and oxygen atoms in total. The van der Waals surface area contributed by atoms with E-state index in [9.17, 15) is 9.59 Å². The van der Waals surface area contributed by atoms with Crippen molar-refractivity contribution < 1.29 is 14.3 Å². The molecule has 0 spiro atoms. The molecule has 0 bridgehead atoms. The first-order valence-corrected chi connectivity index (χ1v) is 17.2. The average molecular weight is 604 g/mol. The number of hydrogen-bond acceptors (Lipinski definition) is 4. The fourth-order valence-electron chi connectivity index (χ4n) is 9.42. The minimum Gasteiger partial charge on any atom is -0.494 e. The van der Waals surface area contributed by atoms with Gasteiger partial charge in [0.2, 0.25) is 5.91 Å². The number of carbonyl (C=O) groups is 2. The van der Waals surface area contributed by atoms with Crippen molar-refractivity contribution in [1.82, 2.24) is 23.9 Å². The van der Waals surface area contributed by atoms with E-state index in [-0.39, 0.29) is 11.8 Å². The number of amides is 2. The second-order valence-corrected chi connectivity index (χ2v) is 15.3. The molecular formula is C37H41N5O3. The quantitative estimate of drug-likeness (QED) is 0.260. The summed E-state index contributed by atoms with van der Waals surface area (Å²) in [6.07, 6.45) is 6.03. The SMILES string of the molecule is COc1cc(C(=O)N2CC3CC4CC2[C@H]43)cc2nc(-c3cc4ccccc4n3CC3CC3)n(CC3CN(C(=O)[C@@H]4C[C@H]4C)C3)c12. The Balaban J connectivity index is 1.06. The number of fused-ring (bicyclic) bond motifs is 2. The number of hydrogen-bond donors (Lipinski definition) is 0. The summed E-state index contributed by atoms with van der Waals surface area (Å²) in [6.45, 7) is 6.37. The summed E-state index contributed by atoms with van der Waals surface area (Å²) in [5, 5.41) is 1.22. The molecule has 45 heavy (non-hydrogen) atoms. The standard InChI is InChI=1S/C37H41N5O3/c1-20-9-27(20)37(44)39-15-22(16-39)18-42-34-28(38-35(42)31-12-23-5-3-4-6-29(23)40(31)17-21-7-8-21)11-25(14-32(34)45-2)36(43)41-19-26-10-24-13-30(41)33(24)26/h3-6,11-12,14,20-22,24,26-27,30,33H,7-10,13,15-19H2,1-2H3/t20-,24?,26?,27-,30?,33-/m1/s1. The molecule has 2 amide bonds. The molecule has 0 N–H and O–H groups in total. The van der Waals surface area contributed by atoms with Gasteiger partial charge in [0, 0.05) is 67.1 Å². The molecule has 2 saturated heterocycles. The number of benzene rings is 2. The summed E-state index contributed by atoms with van der Waals surface area (Å²) < 4.78 is 10.9. The normalized spacial score (nSPS) is 29.8. The highest BCUT2D eigenvalue weighted by atomic mass is 16.5. The van der Waals surface area contributed by atoms with Crippen molar-refractivity contribution >= 4 is 33.8 Å². The smallest absolute Gasteiger partial charge is 0.254 e. The van der Waals surface area contributed by atoms with Gasteiger partial charge in [-0.2, -0.15) is 0 Å². The Morgan fingerprint density at radius 3 is 2.47 bits per heavy atom. The van der Waals surface area contributed by atoms with E-state index in [2.05, 4.69) is 51.3 Å². The number of carbonyl (C=O) groups excluding carboxylic acids is 2. The topological polar surface area (TPSA) is 72.6 Å². The Kier molecular flexibility index (Phi) is 5.50. The number of nitrogens with zero attached hydrogens (tertiary/aromatic N) is 5. The minimum absolute atomic E-state index is 0.120. The number of ether oxygens (including phenoxy) is 1. The molecule has 6 atom stereocenters. The van der Waals surface area contributed by atoms with Crippen molar-refractivity contribution in [3.63, 3.8) is 0 Å². The molecule has 4 aromatic rings. The van der Waals surface area contributed by atoms with Crippen LogP contribution < -0.4 is 4.74 Å². The fraction of sp³-hybridized carbons (Fsp3) is 0.541. The van der Waals surface area contributed by atoms with Gasteiger partial charge in [0.05, 0.1) is 18.3 Å². The van der Waals surface area contributed by atoms with Gasteiger partial charge in [-0.3, -0.25) is 9.59 Å². The third-order valence-corrected chi connectivity index (χ3v) is 12.4. The number of aromatic nitrogens is 3. The molecule has 2 aliphatic heterocycles. The van der Waals surface area contributed by atoms with Gasteiger partial charge in [-0.1, -0.05) is 25.1 Å². The van der Waals surface area contributed by atoms with Gasteiger partial charge in [0.1, 0.15) is 11.3 Å². The lowest BCUT2D eigenvalue weighted by atomic mass is 9.53. The van der Waals surface area contributed by atoms with Crippen LogP contribution in [0.5, 0.6) is 5.75 Å². The van der Waals surface area contributed by atoms with E-state index < -0.39 is 0 Å². The third kappa shape index (κ3) is 3.93. The van der Waals surface area contributed by atoms with Crippen LogP contribution in [0.4, 0.5) is 0 Å². The lowest BCUT2D eigenvalue weighted by Gasteiger charge is -2.52. The summed E-state index contributed by atoms with van der Waals surface area (Å²) in [5.41, 5.74) is 4.78. The molecule has 2 aromatic carbocycles. The van der Waals surface area contributed by atoms with E-state index in [1.165, 1.54) is 30.2 Å². The van der Waals surface area contributed by atoms with E-state index >= 15 is 0 Å². The van der Waals surface area contributed by atoms with Crippen LogP contribution >= 0.6 is 0 Å². The first kappa shape index (κ1) is 26.4. The van der Waals surface area contributed by atoms with Crippen LogP contribution in [0, 0.1) is 41.4 Å². The Labute approximate surface area is 263 Å². The molecule has 4 saturated carbocycles. The molecule has 2 aromatic heterocycles. The van der Waals surface area contributed by atoms with E-state index in [4.69, 9.17) is 9.72 Å². The molecule has 0 radical (unpaired) electrons. The molecule has 6 fully saturated rings. The zero-order chi connectivity index (χ0) is 30.1. The van der Waals surface area contributed by atoms with Gasteiger partial charge in [-0.05, 0) is 86.0 Å². The molecule has 4 heterocycles. The Hall–Kier alpha value is -3.81. The van der Waals surface area contributed by atoms with Crippen molar-refractivity contribution in [3.05, 3.63) is 48.0 Å². The van der Waals surface area contributed by atoms with Crippen LogP contribution in [0.3, 0.4) is 0 Å². The Morgan fingerprint density at radius 2 is 1.73 bits per heavy atom. The molecule has 3 unspecified atom stereocenters. The van der Waals surface area contributed by atoms with Gasteiger partial charge < -0.3 is 23.7 Å². The van der Waals surface area contributed by atoms with Crippen LogP contribution in [-0.2, 0) is 17.9 Å². The zero-order valence-electron chi connectivity index (χ0n) is 26.2. The summed E-state index contributed by atoms with van der Waals surface area (Å²) in [4.78, 5) is 36.4. The van der Waals surface area contributed by atoms with Gasteiger partial charge in [-0.25, -0.2) is 4.98 Å². The van der Waals surface area contributed by atoms with E-state index in [0.717, 1.165) is 80.0 Å². The maximum absolute atomic E-state index is 14.0. The Morgan fingerprint density at radius 1 is 0.933 bits per heavy atom. The highest BCUT2D eigenvalue weighted by molar-refractivity contribution is 6.00. The van der Waals surface area contributed by atoms with Gasteiger partial charge in [0.15, 0.2) is 5.82 Å². The summed E-state index contributed by atoms with van der Waals surface area (Å²) in [7, 11) is 1.71. The number of para-hydroxylation sites is 1. The highest BCUT2D eigenvalue weighted by Gasteiger charge is 2.61. The van der Waals surface area contributed by atoms with Gasteiger partial charge in [0.25, 0.3) is 5.91 Å². The lowest BCUT2D eigenvalue weighted by Crippen LogP contribution is -2.53. The van der Waals surface area contributed by atoms with Crippen LogP contribution in [0.25, 0.3) is 33.5 Å². The van der Waals surface area contributed by atoms with Crippen molar-refractivity contribution in [2.75, 3.05) is 26.7 Å². The predicted molar refractivity (Wildman–Crippen MR) is 172 cm³/mol. The number of rotatable bonds is 8. The maximum atomic E-state index is 14.0. The number of methoxy groups -OCH3 is 1. The van der Waals surface area contributed by atoms with Crippen molar-refractivity contribution in [1.29, 1.82) is 0 Å². The van der Waals surface area contributed by atoms with Crippen LogP contribution in [0.15, 0.2) is 42.5 Å². The molecular weight excluding hydrogens is 562 g/mol. The summed E-state index contributed by atoms with van der Waals surface area (Å²) in [6, 6.07) is 15.3. The van der Waals surface area contributed by atoms with Gasteiger partial charge in [-0.15, -0.1) is 0 Å². The van der Waals surface area contributed by atoms with Crippen LogP contribution in [-0.4, -0.2) is 68.5 Å². The first-order chi connectivity index (χ1) is 21.9. The maximum Gasteiger partial charge on any atom is 0.254 e. The molecule has 232 valence electrons. The van der Waals surface area contributed by atoms with Crippen molar-refractivity contribution in [3.8, 4) is 17.3 Å². The van der Waals surface area contributed by atoms with E-state index in [1.807, 2.05) is 17.0 Å². The van der Waals surface area contributed by atoms with E-state index in [1.54, 1.807) is 7.11 Å². The van der Waals surface area contributed by atoms with Crippen LogP contribution in [0.2, 0.25) is 0 Å². The third-order valence-electron chi connectivity index (χ3n) is 12.4. The average Bonchev–Trinajstić information content (AvgIpc) is 3.90. The van der Waals surface area contributed by atoms with E-state index in [0.29, 0.717) is 46.9 Å². The zero-order valence-corrected chi connectivity index (χ0v) is 26.2. The second kappa shape index (κ2) is 9.36. The summed E-state index contributed by atoms with van der Waals surface area (Å²) >= 11 is 0. The van der Waals surface area contributed by atoms with Crippen molar-refractivity contribution in [2.24, 2.45) is 41.4 Å². The minimum atomic E-state index is 0.120. The predicted octanol–water partition coefficient (Wildman–Crippen LogP) is 5.67. The van der Waals surface area contributed by atoms with Crippen molar-refractivity contribution in [2.45, 2.75) is 58.2 Å². The van der Waals surface area contributed by atoms with Gasteiger partial charge >= 0.3 is 0 Å². The second-order valence-electron chi connectivity index (χ2n) is 15.3. The Bertz CT molecular complexity index is 1900.